The Morgan fingerprint density at radius 2 is 1.76 bits per heavy atom. The number of hydrogen-bond donors (Lipinski definition) is 2. The van der Waals surface area contributed by atoms with Gasteiger partial charge in [-0.1, -0.05) is 30.3 Å². The summed E-state index contributed by atoms with van der Waals surface area (Å²) in [7, 11) is 0. The molecule has 1 aromatic heterocycles. The highest BCUT2D eigenvalue weighted by Gasteiger charge is 2.32. The Morgan fingerprint density at radius 1 is 1.04 bits per heavy atom. The molecule has 0 spiro atoms. The maximum absolute atomic E-state index is 13.7. The lowest BCUT2D eigenvalue weighted by Gasteiger charge is -2.36. The summed E-state index contributed by atoms with van der Waals surface area (Å²) in [6.45, 7) is 9.66. The largest absolute Gasteiger partial charge is 0.460 e. The predicted octanol–water partition coefficient (Wildman–Crippen LogP) is 3.26. The number of benzene rings is 1. The van der Waals surface area contributed by atoms with Gasteiger partial charge in [0.15, 0.2) is 5.82 Å². The van der Waals surface area contributed by atoms with Gasteiger partial charge in [0.25, 0.3) is 5.91 Å². The monoisotopic (exact) mass is 624 g/mol. The van der Waals surface area contributed by atoms with Crippen molar-refractivity contribution in [2.24, 2.45) is 0 Å². The van der Waals surface area contributed by atoms with E-state index in [0.29, 0.717) is 31.3 Å². The van der Waals surface area contributed by atoms with Crippen LogP contribution in [0.15, 0.2) is 36.4 Å². The molecular formula is C32H44N6O7. The first-order valence-corrected chi connectivity index (χ1v) is 15.6. The number of anilines is 1. The van der Waals surface area contributed by atoms with Gasteiger partial charge in [-0.25, -0.2) is 14.8 Å². The van der Waals surface area contributed by atoms with Crippen LogP contribution in [0.2, 0.25) is 0 Å². The first-order chi connectivity index (χ1) is 21.5. The van der Waals surface area contributed by atoms with Crippen molar-refractivity contribution in [2.75, 3.05) is 51.3 Å². The summed E-state index contributed by atoms with van der Waals surface area (Å²) < 4.78 is 16.2. The van der Waals surface area contributed by atoms with Crippen LogP contribution in [0.3, 0.4) is 0 Å². The second-order valence-electron chi connectivity index (χ2n) is 12.0. The molecular weight excluding hydrogens is 580 g/mol. The standard InChI is InChI=1S/C32H44N6O7/c1-5-43-31(42)38-17-15-37(16-18-38)30(41)24(13-14-27(39)45-32(2,3)4)35-29(40)25-20-26(33-21-23-12-9-19-44-23)36-28(34-25)22-10-7-6-8-11-22/h6-8,10-11,20,23-24H,5,9,12-19,21H2,1-4H3,(H,35,40)(H,33,34,36)/t23?,24-/m0/s1. The normalized spacial score (nSPS) is 17.4. The van der Waals surface area contributed by atoms with Crippen LogP contribution < -0.4 is 10.6 Å². The van der Waals surface area contributed by atoms with Crippen LogP contribution in [-0.2, 0) is 23.8 Å². The van der Waals surface area contributed by atoms with E-state index >= 15 is 0 Å². The average Bonchev–Trinajstić information content (AvgIpc) is 3.55. The van der Waals surface area contributed by atoms with Gasteiger partial charge in [0.05, 0.1) is 12.7 Å². The highest BCUT2D eigenvalue weighted by Crippen LogP contribution is 2.20. The molecule has 0 bridgehead atoms. The Balaban J connectivity index is 1.53. The van der Waals surface area contributed by atoms with Crippen molar-refractivity contribution in [3.8, 4) is 11.4 Å². The number of aromatic nitrogens is 2. The van der Waals surface area contributed by atoms with Crippen LogP contribution in [-0.4, -0.2) is 107 Å². The zero-order chi connectivity index (χ0) is 32.4. The molecule has 2 aliphatic heterocycles. The molecule has 2 aromatic rings. The van der Waals surface area contributed by atoms with Crippen LogP contribution in [0.5, 0.6) is 0 Å². The summed E-state index contributed by atoms with van der Waals surface area (Å²) in [4.78, 5) is 64.4. The molecule has 13 heteroatoms. The summed E-state index contributed by atoms with van der Waals surface area (Å²) >= 11 is 0. The number of carbonyl (C=O) groups is 4. The van der Waals surface area contributed by atoms with Gasteiger partial charge in [0.2, 0.25) is 5.91 Å². The SMILES string of the molecule is CCOC(=O)N1CCN(C(=O)[C@H](CCC(=O)OC(C)(C)C)NC(=O)c2cc(NCC3CCCO3)nc(-c3ccccc3)n2)CC1. The molecule has 244 valence electrons. The highest BCUT2D eigenvalue weighted by atomic mass is 16.6. The molecule has 2 saturated heterocycles. The summed E-state index contributed by atoms with van der Waals surface area (Å²) in [6.07, 6.45) is 1.50. The third kappa shape index (κ3) is 10.1. The van der Waals surface area contributed by atoms with E-state index in [-0.39, 0.29) is 50.2 Å². The fourth-order valence-corrected chi connectivity index (χ4v) is 5.08. The van der Waals surface area contributed by atoms with Crippen LogP contribution in [0, 0.1) is 0 Å². The number of esters is 1. The van der Waals surface area contributed by atoms with E-state index in [4.69, 9.17) is 14.2 Å². The van der Waals surface area contributed by atoms with E-state index < -0.39 is 29.6 Å². The Kier molecular flexibility index (Phi) is 11.7. The number of hydrogen-bond acceptors (Lipinski definition) is 10. The number of nitrogens with zero attached hydrogens (tertiary/aromatic N) is 4. The Hall–Kier alpha value is -4.26. The second-order valence-corrected chi connectivity index (χ2v) is 12.0. The summed E-state index contributed by atoms with van der Waals surface area (Å²) in [5, 5.41) is 6.09. The van der Waals surface area contributed by atoms with Gasteiger partial charge >= 0.3 is 12.1 Å². The van der Waals surface area contributed by atoms with Crippen molar-refractivity contribution < 1.29 is 33.4 Å². The van der Waals surface area contributed by atoms with Crippen molar-refractivity contribution in [3.05, 3.63) is 42.1 Å². The molecule has 2 fully saturated rings. The first kappa shape index (κ1) is 33.6. The van der Waals surface area contributed by atoms with E-state index in [9.17, 15) is 19.2 Å². The molecule has 0 aliphatic carbocycles. The van der Waals surface area contributed by atoms with E-state index in [1.807, 2.05) is 30.3 Å². The van der Waals surface area contributed by atoms with Crippen LogP contribution in [0.1, 0.15) is 63.9 Å². The highest BCUT2D eigenvalue weighted by molar-refractivity contribution is 5.97. The third-order valence-electron chi connectivity index (χ3n) is 7.30. The number of ether oxygens (including phenoxy) is 3. The average molecular weight is 625 g/mol. The first-order valence-electron chi connectivity index (χ1n) is 15.6. The zero-order valence-electron chi connectivity index (χ0n) is 26.5. The second kappa shape index (κ2) is 15.6. The van der Waals surface area contributed by atoms with Gasteiger partial charge in [0.1, 0.15) is 23.2 Å². The fraction of sp³-hybridized carbons (Fsp3) is 0.562. The molecule has 3 heterocycles. The van der Waals surface area contributed by atoms with Crippen molar-refractivity contribution in [2.45, 2.75) is 71.1 Å². The van der Waals surface area contributed by atoms with E-state index in [0.717, 1.165) is 25.0 Å². The van der Waals surface area contributed by atoms with Gasteiger partial charge in [0, 0.05) is 57.4 Å². The minimum absolute atomic E-state index is 0.0261. The molecule has 1 unspecified atom stereocenters. The zero-order valence-corrected chi connectivity index (χ0v) is 26.5. The molecule has 13 nitrogen and oxygen atoms in total. The molecule has 45 heavy (non-hydrogen) atoms. The Bertz CT molecular complexity index is 1320. The van der Waals surface area contributed by atoms with Gasteiger partial charge in [-0.05, 0) is 47.0 Å². The van der Waals surface area contributed by atoms with Gasteiger partial charge < -0.3 is 34.6 Å². The van der Waals surface area contributed by atoms with Crippen LogP contribution in [0.25, 0.3) is 11.4 Å². The van der Waals surface area contributed by atoms with Crippen molar-refractivity contribution in [1.29, 1.82) is 0 Å². The van der Waals surface area contributed by atoms with Crippen LogP contribution >= 0.6 is 0 Å². The lowest BCUT2D eigenvalue weighted by Crippen LogP contribution is -2.56. The topological polar surface area (TPSA) is 152 Å². The van der Waals surface area contributed by atoms with Crippen molar-refractivity contribution >= 4 is 29.7 Å². The minimum Gasteiger partial charge on any atom is -0.460 e. The lowest BCUT2D eigenvalue weighted by atomic mass is 10.1. The molecule has 3 amide bonds. The van der Waals surface area contributed by atoms with Crippen molar-refractivity contribution in [1.82, 2.24) is 25.1 Å². The smallest absolute Gasteiger partial charge is 0.409 e. The van der Waals surface area contributed by atoms with E-state index in [1.54, 1.807) is 43.6 Å². The van der Waals surface area contributed by atoms with Crippen LogP contribution in [0.4, 0.5) is 10.6 Å². The minimum atomic E-state index is -1.03. The Labute approximate surface area is 264 Å². The number of nitrogens with one attached hydrogen (secondary N) is 2. The number of carbonyl (C=O) groups excluding carboxylic acids is 4. The molecule has 2 N–H and O–H groups in total. The molecule has 2 aliphatic rings. The number of rotatable bonds is 11. The number of piperazine rings is 1. The summed E-state index contributed by atoms with van der Waals surface area (Å²) in [6, 6.07) is 9.82. The third-order valence-corrected chi connectivity index (χ3v) is 7.30. The molecule has 4 rings (SSSR count). The van der Waals surface area contributed by atoms with Gasteiger partial charge in [-0.3, -0.25) is 14.4 Å². The molecule has 2 atom stereocenters. The maximum Gasteiger partial charge on any atom is 0.409 e. The number of amides is 3. The summed E-state index contributed by atoms with van der Waals surface area (Å²) in [5.74, 6) is -0.608. The quantitative estimate of drug-likeness (QED) is 0.357. The lowest BCUT2D eigenvalue weighted by molar-refractivity contribution is -0.155. The van der Waals surface area contributed by atoms with Crippen molar-refractivity contribution in [3.63, 3.8) is 0 Å². The molecule has 0 saturated carbocycles. The van der Waals surface area contributed by atoms with E-state index in [1.165, 1.54) is 0 Å². The van der Waals surface area contributed by atoms with E-state index in [2.05, 4.69) is 20.6 Å². The maximum atomic E-state index is 13.7. The molecule has 1 aromatic carbocycles. The fourth-order valence-electron chi connectivity index (χ4n) is 5.08. The predicted molar refractivity (Wildman–Crippen MR) is 166 cm³/mol. The Morgan fingerprint density at radius 3 is 2.40 bits per heavy atom. The van der Waals surface area contributed by atoms with Gasteiger partial charge in [-0.2, -0.15) is 0 Å². The summed E-state index contributed by atoms with van der Waals surface area (Å²) in [5.41, 5.74) is 0.107. The van der Waals surface area contributed by atoms with Gasteiger partial charge in [-0.15, -0.1) is 0 Å². The molecule has 0 radical (unpaired) electrons.